The van der Waals surface area contributed by atoms with Gasteiger partial charge in [-0.2, -0.15) is 0 Å². The first-order valence-corrected chi connectivity index (χ1v) is 8.51. The molecule has 1 aliphatic carbocycles. The average Bonchev–Trinajstić information content (AvgIpc) is 2.67. The monoisotopic (exact) mass is 314 g/mol. The summed E-state index contributed by atoms with van der Waals surface area (Å²) in [5, 5.41) is 0. The lowest BCUT2D eigenvalue weighted by atomic mass is 9.79. The summed E-state index contributed by atoms with van der Waals surface area (Å²) in [5.41, 5.74) is 10.7. The smallest absolute Gasteiger partial charge is 0.0960 e. The first kappa shape index (κ1) is 14.3. The molecule has 0 amide bonds. The summed E-state index contributed by atoms with van der Waals surface area (Å²) in [6.07, 6.45) is 0. The molecule has 0 saturated carbocycles. The molecule has 0 aliphatic heterocycles. The van der Waals surface area contributed by atoms with Gasteiger partial charge in [0.05, 0.1) is 0 Å². The van der Waals surface area contributed by atoms with Crippen LogP contribution in [0.2, 0.25) is 0 Å². The number of rotatable bonds is 0. The SMILES string of the molecule is [B]c1ccc2c(c1)-c1ccccc1-c1ccccc1-c1ccccc1-2. The topological polar surface area (TPSA) is 0 Å². The standard InChI is InChI=1S/C24H15B/c25-16-13-14-23-21-11-4-3-9-19(21)17-7-1-2-8-18(17)20-10-5-6-12-22(20)24(23)15-16/h1-15H. The maximum absolute atomic E-state index is 6.14. The van der Waals surface area contributed by atoms with E-state index in [1.165, 1.54) is 44.5 Å². The van der Waals surface area contributed by atoms with Crippen LogP contribution in [0, 0.1) is 0 Å². The van der Waals surface area contributed by atoms with Crippen molar-refractivity contribution in [1.82, 2.24) is 0 Å². The second-order valence-corrected chi connectivity index (χ2v) is 6.44. The molecule has 114 valence electrons. The normalized spacial score (nSPS) is 11.4. The number of hydrogen-bond donors (Lipinski definition) is 0. The summed E-state index contributed by atoms with van der Waals surface area (Å²) in [6, 6.07) is 32.1. The molecule has 4 aromatic rings. The van der Waals surface area contributed by atoms with Crippen LogP contribution in [-0.2, 0) is 0 Å². The first-order chi connectivity index (χ1) is 12.3. The molecule has 0 bridgehead atoms. The number of fused-ring (bicyclic) bond motifs is 8. The van der Waals surface area contributed by atoms with Gasteiger partial charge in [-0.25, -0.2) is 0 Å². The molecule has 0 spiro atoms. The summed E-state index contributed by atoms with van der Waals surface area (Å²) >= 11 is 0. The molecule has 0 aromatic heterocycles. The van der Waals surface area contributed by atoms with Gasteiger partial charge >= 0.3 is 0 Å². The minimum Gasteiger partial charge on any atom is -0.0960 e. The fourth-order valence-corrected chi connectivity index (χ4v) is 3.88. The summed E-state index contributed by atoms with van der Waals surface area (Å²) in [4.78, 5) is 0. The van der Waals surface area contributed by atoms with Crippen molar-refractivity contribution >= 4 is 13.3 Å². The van der Waals surface area contributed by atoms with E-state index in [4.69, 9.17) is 7.85 Å². The van der Waals surface area contributed by atoms with E-state index >= 15 is 0 Å². The molecule has 0 N–H and O–H groups in total. The summed E-state index contributed by atoms with van der Waals surface area (Å²) in [5.74, 6) is 0. The van der Waals surface area contributed by atoms with Gasteiger partial charge in [0.2, 0.25) is 0 Å². The van der Waals surface area contributed by atoms with E-state index in [9.17, 15) is 0 Å². The van der Waals surface area contributed by atoms with Gasteiger partial charge in [0, 0.05) is 0 Å². The largest absolute Gasteiger partial charge is 0.113 e. The molecule has 0 nitrogen and oxygen atoms in total. The minimum absolute atomic E-state index is 0.792. The maximum Gasteiger partial charge on any atom is 0.113 e. The van der Waals surface area contributed by atoms with Crippen molar-refractivity contribution in [2.75, 3.05) is 0 Å². The van der Waals surface area contributed by atoms with Crippen LogP contribution in [0.4, 0.5) is 0 Å². The van der Waals surface area contributed by atoms with Crippen molar-refractivity contribution < 1.29 is 0 Å². The molecule has 1 aliphatic rings. The molecular weight excluding hydrogens is 299 g/mol. The highest BCUT2D eigenvalue weighted by molar-refractivity contribution is 6.33. The Kier molecular flexibility index (Phi) is 3.14. The predicted molar refractivity (Wildman–Crippen MR) is 107 cm³/mol. The number of benzene rings is 4. The van der Waals surface area contributed by atoms with Gasteiger partial charge in [-0.3, -0.25) is 0 Å². The highest BCUT2D eigenvalue weighted by Crippen LogP contribution is 2.46. The lowest BCUT2D eigenvalue weighted by molar-refractivity contribution is 1.53. The van der Waals surface area contributed by atoms with E-state index in [1.54, 1.807) is 0 Å². The molecule has 2 radical (unpaired) electrons. The lowest BCUT2D eigenvalue weighted by Crippen LogP contribution is -2.04. The highest BCUT2D eigenvalue weighted by Gasteiger charge is 2.20. The Morgan fingerprint density at radius 1 is 0.360 bits per heavy atom. The molecule has 0 fully saturated rings. The van der Waals surface area contributed by atoms with E-state index in [-0.39, 0.29) is 0 Å². The zero-order chi connectivity index (χ0) is 16.8. The molecule has 0 heterocycles. The van der Waals surface area contributed by atoms with Crippen LogP contribution in [0.25, 0.3) is 44.5 Å². The summed E-state index contributed by atoms with van der Waals surface area (Å²) in [6.45, 7) is 0. The Labute approximate surface area is 149 Å². The molecule has 0 atom stereocenters. The van der Waals surface area contributed by atoms with Crippen LogP contribution in [0.1, 0.15) is 0 Å². The lowest BCUT2D eigenvalue weighted by Gasteiger charge is -2.23. The summed E-state index contributed by atoms with van der Waals surface area (Å²) in [7, 11) is 6.14. The Bertz CT molecular complexity index is 1100. The molecule has 0 unspecified atom stereocenters. The molecule has 5 rings (SSSR count). The van der Waals surface area contributed by atoms with E-state index in [1.807, 2.05) is 6.07 Å². The second kappa shape index (κ2) is 5.49. The average molecular weight is 314 g/mol. The van der Waals surface area contributed by atoms with Crippen LogP contribution in [0.15, 0.2) is 91.0 Å². The molecule has 4 aromatic carbocycles. The second-order valence-electron chi connectivity index (χ2n) is 6.44. The fraction of sp³-hybridized carbons (Fsp3) is 0. The van der Waals surface area contributed by atoms with Crippen molar-refractivity contribution in [3.63, 3.8) is 0 Å². The molecule has 25 heavy (non-hydrogen) atoms. The van der Waals surface area contributed by atoms with Crippen LogP contribution in [0.5, 0.6) is 0 Å². The van der Waals surface area contributed by atoms with Gasteiger partial charge in [-0.05, 0) is 44.5 Å². The van der Waals surface area contributed by atoms with E-state index in [0.29, 0.717) is 0 Å². The molecule has 0 saturated heterocycles. The Morgan fingerprint density at radius 3 is 1.08 bits per heavy atom. The van der Waals surface area contributed by atoms with Crippen molar-refractivity contribution in [1.29, 1.82) is 0 Å². The minimum atomic E-state index is 0.792. The third kappa shape index (κ3) is 2.16. The third-order valence-electron chi connectivity index (χ3n) is 4.99. The zero-order valence-electron chi connectivity index (χ0n) is 13.7. The van der Waals surface area contributed by atoms with E-state index < -0.39 is 0 Å². The first-order valence-electron chi connectivity index (χ1n) is 8.51. The number of hydrogen-bond acceptors (Lipinski definition) is 0. The Hall–Kier alpha value is -3.06. The molecule has 1 heteroatoms. The van der Waals surface area contributed by atoms with Gasteiger partial charge < -0.3 is 0 Å². The molecular formula is C24H15B. The van der Waals surface area contributed by atoms with Crippen LogP contribution in [-0.4, -0.2) is 7.85 Å². The van der Waals surface area contributed by atoms with Crippen LogP contribution >= 0.6 is 0 Å². The predicted octanol–water partition coefficient (Wildman–Crippen LogP) is 5.46. The van der Waals surface area contributed by atoms with Crippen molar-refractivity contribution in [2.24, 2.45) is 0 Å². The van der Waals surface area contributed by atoms with E-state index in [2.05, 4.69) is 84.9 Å². The van der Waals surface area contributed by atoms with Crippen LogP contribution in [0.3, 0.4) is 0 Å². The van der Waals surface area contributed by atoms with Gasteiger partial charge in [0.15, 0.2) is 0 Å². The quantitative estimate of drug-likeness (QED) is 0.333. The maximum atomic E-state index is 6.14. The Balaban J connectivity index is 2.01. The van der Waals surface area contributed by atoms with Gasteiger partial charge in [-0.15, -0.1) is 0 Å². The van der Waals surface area contributed by atoms with Crippen molar-refractivity contribution in [3.05, 3.63) is 91.0 Å². The Morgan fingerprint density at radius 2 is 0.680 bits per heavy atom. The van der Waals surface area contributed by atoms with Crippen LogP contribution < -0.4 is 5.46 Å². The highest BCUT2D eigenvalue weighted by atomic mass is 14.2. The third-order valence-corrected chi connectivity index (χ3v) is 4.99. The van der Waals surface area contributed by atoms with Gasteiger partial charge in [-0.1, -0.05) is 96.5 Å². The summed E-state index contributed by atoms with van der Waals surface area (Å²) < 4.78 is 0. The van der Waals surface area contributed by atoms with Crippen molar-refractivity contribution in [3.8, 4) is 44.5 Å². The van der Waals surface area contributed by atoms with Gasteiger partial charge in [0.25, 0.3) is 0 Å². The van der Waals surface area contributed by atoms with E-state index in [0.717, 1.165) is 5.46 Å². The fourth-order valence-electron chi connectivity index (χ4n) is 3.88. The van der Waals surface area contributed by atoms with Gasteiger partial charge in [0.1, 0.15) is 7.85 Å². The van der Waals surface area contributed by atoms with Crippen molar-refractivity contribution in [2.45, 2.75) is 0 Å². The zero-order valence-corrected chi connectivity index (χ0v) is 13.7.